The summed E-state index contributed by atoms with van der Waals surface area (Å²) in [6.07, 6.45) is 7.54. The van der Waals surface area contributed by atoms with Crippen LogP contribution in [0.25, 0.3) is 0 Å². The summed E-state index contributed by atoms with van der Waals surface area (Å²) in [4.78, 5) is 12.0. The number of allylic oxidation sites excluding steroid dienone is 1. The maximum absolute atomic E-state index is 12.0. The number of hydrogen-bond donors (Lipinski definition) is 0. The van der Waals surface area contributed by atoms with Crippen molar-refractivity contribution >= 4 is 5.97 Å². The standard InChI is InChI=1S/C18H24O2/c1-2-20-18(19)17-14-7-6-12-16(17)13-8-11-15-9-4-3-5-10-15/h3-5,9-10H,2,6-8,11-14H2,1H3. The predicted octanol–water partition coefficient (Wildman–Crippen LogP) is 4.44. The quantitative estimate of drug-likeness (QED) is 0.715. The Bertz CT molecular complexity index is 460. The first-order chi connectivity index (χ1) is 9.81. The van der Waals surface area contributed by atoms with Gasteiger partial charge in [-0.05, 0) is 57.4 Å². The molecule has 0 saturated carbocycles. The number of carbonyl (C=O) groups excluding carboxylic acids is 1. The third kappa shape index (κ3) is 4.22. The van der Waals surface area contributed by atoms with Crippen molar-refractivity contribution in [1.82, 2.24) is 0 Å². The molecule has 0 amide bonds. The molecule has 20 heavy (non-hydrogen) atoms. The molecule has 0 aromatic heterocycles. The molecule has 2 nitrogen and oxygen atoms in total. The molecular formula is C18H24O2. The second-order valence-electron chi connectivity index (χ2n) is 5.35. The Morgan fingerprint density at radius 1 is 1.10 bits per heavy atom. The van der Waals surface area contributed by atoms with Crippen LogP contribution >= 0.6 is 0 Å². The Morgan fingerprint density at radius 3 is 2.60 bits per heavy atom. The van der Waals surface area contributed by atoms with Gasteiger partial charge in [0.05, 0.1) is 6.61 Å². The summed E-state index contributed by atoms with van der Waals surface area (Å²) in [6, 6.07) is 10.5. The lowest BCUT2D eigenvalue weighted by Gasteiger charge is -2.19. The first-order valence-electron chi connectivity index (χ1n) is 7.73. The molecule has 0 bridgehead atoms. The van der Waals surface area contributed by atoms with Crippen LogP contribution in [0.4, 0.5) is 0 Å². The average molecular weight is 272 g/mol. The van der Waals surface area contributed by atoms with Crippen molar-refractivity contribution in [2.45, 2.75) is 51.9 Å². The third-order valence-electron chi connectivity index (χ3n) is 3.89. The van der Waals surface area contributed by atoms with Crippen LogP contribution in [0.2, 0.25) is 0 Å². The Balaban J connectivity index is 1.92. The lowest BCUT2D eigenvalue weighted by atomic mass is 9.88. The predicted molar refractivity (Wildman–Crippen MR) is 81.5 cm³/mol. The number of esters is 1. The van der Waals surface area contributed by atoms with Crippen LogP contribution in [-0.4, -0.2) is 12.6 Å². The molecule has 1 aromatic rings. The van der Waals surface area contributed by atoms with Gasteiger partial charge in [-0.25, -0.2) is 4.79 Å². The maximum atomic E-state index is 12.0. The topological polar surface area (TPSA) is 26.3 Å². The lowest BCUT2D eigenvalue weighted by molar-refractivity contribution is -0.138. The molecule has 0 saturated heterocycles. The summed E-state index contributed by atoms with van der Waals surface area (Å²) in [6.45, 7) is 2.34. The zero-order valence-corrected chi connectivity index (χ0v) is 12.4. The van der Waals surface area contributed by atoms with Crippen molar-refractivity contribution in [3.8, 4) is 0 Å². The van der Waals surface area contributed by atoms with E-state index in [2.05, 4.69) is 24.3 Å². The number of aryl methyl sites for hydroxylation is 1. The molecule has 0 heterocycles. The largest absolute Gasteiger partial charge is 0.463 e. The molecule has 0 fully saturated rings. The summed E-state index contributed by atoms with van der Waals surface area (Å²) in [5, 5.41) is 0. The Labute approximate surface area is 121 Å². The summed E-state index contributed by atoms with van der Waals surface area (Å²) < 4.78 is 5.18. The van der Waals surface area contributed by atoms with E-state index in [1.54, 1.807) is 0 Å². The summed E-state index contributed by atoms with van der Waals surface area (Å²) in [5.41, 5.74) is 3.68. The number of ether oxygens (including phenoxy) is 1. The SMILES string of the molecule is CCOC(=O)C1=C(CCCc2ccccc2)CCCC1. The van der Waals surface area contributed by atoms with Crippen LogP contribution in [0.3, 0.4) is 0 Å². The van der Waals surface area contributed by atoms with E-state index in [0.29, 0.717) is 6.61 Å². The molecule has 1 aliphatic rings. The minimum atomic E-state index is -0.0816. The Kier molecular flexibility index (Phi) is 5.85. The normalized spacial score (nSPS) is 15.2. The van der Waals surface area contributed by atoms with Crippen molar-refractivity contribution in [2.24, 2.45) is 0 Å². The fraction of sp³-hybridized carbons (Fsp3) is 0.500. The van der Waals surface area contributed by atoms with Crippen LogP contribution in [0.5, 0.6) is 0 Å². The van der Waals surface area contributed by atoms with E-state index in [4.69, 9.17) is 4.74 Å². The zero-order chi connectivity index (χ0) is 14.2. The van der Waals surface area contributed by atoms with E-state index in [-0.39, 0.29) is 5.97 Å². The van der Waals surface area contributed by atoms with Crippen molar-refractivity contribution < 1.29 is 9.53 Å². The molecule has 0 aliphatic heterocycles. The fourth-order valence-corrected chi connectivity index (χ4v) is 2.86. The highest BCUT2D eigenvalue weighted by Gasteiger charge is 2.19. The van der Waals surface area contributed by atoms with E-state index < -0.39 is 0 Å². The number of carbonyl (C=O) groups is 1. The molecule has 0 N–H and O–H groups in total. The minimum absolute atomic E-state index is 0.0816. The molecule has 1 aromatic carbocycles. The van der Waals surface area contributed by atoms with Gasteiger partial charge in [-0.15, -0.1) is 0 Å². The van der Waals surface area contributed by atoms with Gasteiger partial charge in [0.1, 0.15) is 0 Å². The van der Waals surface area contributed by atoms with Crippen molar-refractivity contribution in [3.05, 3.63) is 47.0 Å². The maximum Gasteiger partial charge on any atom is 0.333 e. The highest BCUT2D eigenvalue weighted by Crippen LogP contribution is 2.29. The monoisotopic (exact) mass is 272 g/mol. The van der Waals surface area contributed by atoms with Gasteiger partial charge in [0.25, 0.3) is 0 Å². The van der Waals surface area contributed by atoms with Gasteiger partial charge in [0.2, 0.25) is 0 Å². The van der Waals surface area contributed by atoms with Gasteiger partial charge >= 0.3 is 5.97 Å². The van der Waals surface area contributed by atoms with Crippen LogP contribution in [0.1, 0.15) is 51.0 Å². The smallest absolute Gasteiger partial charge is 0.333 e. The highest BCUT2D eigenvalue weighted by atomic mass is 16.5. The highest BCUT2D eigenvalue weighted by molar-refractivity contribution is 5.89. The molecule has 2 heteroatoms. The Morgan fingerprint density at radius 2 is 1.85 bits per heavy atom. The van der Waals surface area contributed by atoms with E-state index in [9.17, 15) is 4.79 Å². The molecular weight excluding hydrogens is 248 g/mol. The van der Waals surface area contributed by atoms with Gasteiger partial charge in [0, 0.05) is 5.57 Å². The van der Waals surface area contributed by atoms with Crippen molar-refractivity contribution in [1.29, 1.82) is 0 Å². The Hall–Kier alpha value is -1.57. The summed E-state index contributed by atoms with van der Waals surface area (Å²) >= 11 is 0. The van der Waals surface area contributed by atoms with E-state index in [0.717, 1.165) is 44.1 Å². The third-order valence-corrected chi connectivity index (χ3v) is 3.89. The van der Waals surface area contributed by atoms with Crippen LogP contribution in [0.15, 0.2) is 41.5 Å². The molecule has 0 unspecified atom stereocenters. The van der Waals surface area contributed by atoms with Crippen molar-refractivity contribution in [2.75, 3.05) is 6.61 Å². The minimum Gasteiger partial charge on any atom is -0.463 e. The zero-order valence-electron chi connectivity index (χ0n) is 12.4. The molecule has 0 atom stereocenters. The van der Waals surface area contributed by atoms with E-state index >= 15 is 0 Å². The molecule has 0 radical (unpaired) electrons. The first-order valence-corrected chi connectivity index (χ1v) is 7.73. The van der Waals surface area contributed by atoms with E-state index in [1.165, 1.54) is 17.6 Å². The number of benzene rings is 1. The van der Waals surface area contributed by atoms with Gasteiger partial charge in [0.15, 0.2) is 0 Å². The fourth-order valence-electron chi connectivity index (χ4n) is 2.86. The van der Waals surface area contributed by atoms with Crippen LogP contribution < -0.4 is 0 Å². The summed E-state index contributed by atoms with van der Waals surface area (Å²) in [7, 11) is 0. The van der Waals surface area contributed by atoms with Crippen molar-refractivity contribution in [3.63, 3.8) is 0 Å². The van der Waals surface area contributed by atoms with Crippen LogP contribution in [-0.2, 0) is 16.0 Å². The molecule has 1 aliphatic carbocycles. The molecule has 2 rings (SSSR count). The molecule has 0 spiro atoms. The first kappa shape index (κ1) is 14.8. The lowest BCUT2D eigenvalue weighted by Crippen LogP contribution is -2.13. The van der Waals surface area contributed by atoms with Crippen LogP contribution in [0, 0.1) is 0 Å². The number of hydrogen-bond acceptors (Lipinski definition) is 2. The van der Waals surface area contributed by atoms with Gasteiger partial charge in [-0.1, -0.05) is 35.9 Å². The second kappa shape index (κ2) is 7.88. The second-order valence-corrected chi connectivity index (χ2v) is 5.35. The van der Waals surface area contributed by atoms with Gasteiger partial charge in [-0.3, -0.25) is 0 Å². The van der Waals surface area contributed by atoms with E-state index in [1.807, 2.05) is 13.0 Å². The summed E-state index contributed by atoms with van der Waals surface area (Å²) in [5.74, 6) is -0.0816. The molecule has 108 valence electrons. The average Bonchev–Trinajstić information content (AvgIpc) is 2.49. The number of rotatable bonds is 6. The van der Waals surface area contributed by atoms with Gasteiger partial charge in [-0.2, -0.15) is 0 Å². The van der Waals surface area contributed by atoms with Gasteiger partial charge < -0.3 is 4.74 Å².